The van der Waals surface area contributed by atoms with Gasteiger partial charge in [0, 0.05) is 17.3 Å². The van der Waals surface area contributed by atoms with Gasteiger partial charge in [-0.3, -0.25) is 4.79 Å². The lowest BCUT2D eigenvalue weighted by Gasteiger charge is -2.22. The summed E-state index contributed by atoms with van der Waals surface area (Å²) >= 11 is 1.61. The normalized spacial score (nSPS) is 11.3. The third-order valence-electron chi connectivity index (χ3n) is 4.95. The number of nitrogens with zero attached hydrogens (tertiary/aromatic N) is 5. The lowest BCUT2D eigenvalue weighted by molar-refractivity contribution is -0.131. The molecule has 0 fully saturated rings. The summed E-state index contributed by atoms with van der Waals surface area (Å²) in [5.41, 5.74) is 3.72. The second kappa shape index (κ2) is 7.52. The molecule has 6 nitrogen and oxygen atoms in total. The molecule has 0 radical (unpaired) electrons. The van der Waals surface area contributed by atoms with Crippen LogP contribution in [0.1, 0.15) is 16.3 Å². The highest BCUT2D eigenvalue weighted by atomic mass is 32.1. The van der Waals surface area contributed by atoms with Crippen molar-refractivity contribution in [3.63, 3.8) is 0 Å². The van der Waals surface area contributed by atoms with E-state index in [4.69, 9.17) is 0 Å². The van der Waals surface area contributed by atoms with Crippen LogP contribution in [0.5, 0.6) is 0 Å². The smallest absolute Gasteiger partial charge is 0.228 e. The Bertz CT molecular complexity index is 1190. The van der Waals surface area contributed by atoms with Gasteiger partial charge in [0.15, 0.2) is 0 Å². The Morgan fingerprint density at radius 3 is 2.03 bits per heavy atom. The third-order valence-corrected chi connectivity index (χ3v) is 5.83. The van der Waals surface area contributed by atoms with E-state index in [9.17, 15) is 4.79 Å². The largest absolute Gasteiger partial charge is 0.331 e. The van der Waals surface area contributed by atoms with Crippen molar-refractivity contribution < 1.29 is 4.79 Å². The maximum Gasteiger partial charge on any atom is 0.228 e. The van der Waals surface area contributed by atoms with Crippen molar-refractivity contribution in [3.8, 4) is 0 Å². The first-order chi connectivity index (χ1) is 14.3. The maximum absolute atomic E-state index is 13.2. The molecular weight excluding hydrogens is 382 g/mol. The maximum atomic E-state index is 13.2. The van der Waals surface area contributed by atoms with Gasteiger partial charge >= 0.3 is 0 Å². The van der Waals surface area contributed by atoms with E-state index in [0.29, 0.717) is 19.5 Å². The number of aromatic nitrogens is 4. The highest BCUT2D eigenvalue weighted by Gasteiger charge is 2.19. The standard InChI is InChI=1S/C22H19N5OS/c28-22(12-19-6-5-11-29-19)25(15-17-13-23-20-7-1-3-9-26(17)20)16-18-14-24-21-8-2-4-10-27(18)21/h1-11,13-14H,12,15-16H2. The van der Waals surface area contributed by atoms with Crippen molar-refractivity contribution in [3.05, 3.63) is 95.0 Å². The van der Waals surface area contributed by atoms with Crippen LogP contribution in [0, 0.1) is 0 Å². The molecule has 0 saturated carbocycles. The van der Waals surface area contributed by atoms with Crippen molar-refractivity contribution in [1.29, 1.82) is 0 Å². The van der Waals surface area contributed by atoms with E-state index in [0.717, 1.165) is 27.6 Å². The van der Waals surface area contributed by atoms with Crippen LogP contribution < -0.4 is 0 Å². The summed E-state index contributed by atoms with van der Waals surface area (Å²) in [4.78, 5) is 25.1. The van der Waals surface area contributed by atoms with Crippen LogP contribution in [0.25, 0.3) is 11.3 Å². The summed E-state index contributed by atoms with van der Waals surface area (Å²) in [5, 5.41) is 2.00. The fourth-order valence-corrected chi connectivity index (χ4v) is 4.20. The summed E-state index contributed by atoms with van der Waals surface area (Å²) in [6, 6.07) is 15.8. The first kappa shape index (κ1) is 17.6. The Kier molecular flexibility index (Phi) is 4.57. The zero-order valence-corrected chi connectivity index (χ0v) is 16.5. The molecule has 0 aromatic carbocycles. The number of pyridine rings is 2. The van der Waals surface area contributed by atoms with E-state index in [-0.39, 0.29) is 5.91 Å². The minimum Gasteiger partial charge on any atom is -0.331 e. The van der Waals surface area contributed by atoms with Gasteiger partial charge in [-0.05, 0) is 35.7 Å². The van der Waals surface area contributed by atoms with Crippen LogP contribution in [0.4, 0.5) is 0 Å². The minimum atomic E-state index is 0.0872. The van der Waals surface area contributed by atoms with Crippen molar-refractivity contribution in [2.24, 2.45) is 0 Å². The van der Waals surface area contributed by atoms with Gasteiger partial charge in [-0.15, -0.1) is 11.3 Å². The van der Waals surface area contributed by atoms with E-state index in [1.54, 1.807) is 11.3 Å². The molecule has 0 bridgehead atoms. The first-order valence-corrected chi connectivity index (χ1v) is 10.3. The fourth-order valence-electron chi connectivity index (χ4n) is 3.50. The van der Waals surface area contributed by atoms with Crippen molar-refractivity contribution in [2.45, 2.75) is 19.5 Å². The van der Waals surface area contributed by atoms with Gasteiger partial charge in [0.25, 0.3) is 0 Å². The molecule has 0 unspecified atom stereocenters. The van der Waals surface area contributed by atoms with Gasteiger partial charge in [-0.25, -0.2) is 9.97 Å². The first-order valence-electron chi connectivity index (χ1n) is 9.40. The molecule has 5 heterocycles. The van der Waals surface area contributed by atoms with E-state index < -0.39 is 0 Å². The van der Waals surface area contributed by atoms with Gasteiger partial charge in [0.1, 0.15) is 11.3 Å². The molecule has 0 saturated heterocycles. The van der Waals surface area contributed by atoms with Crippen LogP contribution in [0.15, 0.2) is 78.7 Å². The van der Waals surface area contributed by atoms with E-state index in [1.807, 2.05) is 92.4 Å². The molecule has 0 spiro atoms. The lowest BCUT2D eigenvalue weighted by Crippen LogP contribution is -2.32. The number of imidazole rings is 2. The predicted molar refractivity (Wildman–Crippen MR) is 113 cm³/mol. The Balaban J connectivity index is 1.47. The Morgan fingerprint density at radius 1 is 0.862 bits per heavy atom. The molecule has 0 aliphatic rings. The highest BCUT2D eigenvalue weighted by Crippen LogP contribution is 2.17. The number of carbonyl (C=O) groups is 1. The lowest BCUT2D eigenvalue weighted by atomic mass is 10.2. The molecule has 5 aromatic rings. The van der Waals surface area contributed by atoms with Crippen LogP contribution in [-0.4, -0.2) is 29.6 Å². The van der Waals surface area contributed by atoms with Gasteiger partial charge in [0.05, 0.1) is 43.3 Å². The zero-order valence-electron chi connectivity index (χ0n) is 15.7. The zero-order chi connectivity index (χ0) is 19.6. The van der Waals surface area contributed by atoms with Gasteiger partial charge in [-0.1, -0.05) is 18.2 Å². The minimum absolute atomic E-state index is 0.0872. The predicted octanol–water partition coefficient (Wildman–Crippen LogP) is 3.82. The summed E-state index contributed by atoms with van der Waals surface area (Å²) < 4.78 is 4.06. The number of carbonyl (C=O) groups excluding carboxylic acids is 1. The molecule has 29 heavy (non-hydrogen) atoms. The quantitative estimate of drug-likeness (QED) is 0.435. The second-order valence-electron chi connectivity index (χ2n) is 6.86. The average Bonchev–Trinajstić information content (AvgIpc) is 3.49. The molecule has 0 aliphatic carbocycles. The summed E-state index contributed by atoms with van der Waals surface area (Å²) in [6.45, 7) is 0.963. The highest BCUT2D eigenvalue weighted by molar-refractivity contribution is 7.10. The number of fused-ring (bicyclic) bond motifs is 2. The number of thiophene rings is 1. The van der Waals surface area contributed by atoms with Gasteiger partial charge in [0.2, 0.25) is 5.91 Å². The molecule has 7 heteroatoms. The Hall–Kier alpha value is -3.45. The molecule has 1 amide bonds. The Labute approximate surface area is 171 Å². The SMILES string of the molecule is O=C(Cc1cccs1)N(Cc1cnc2ccccn12)Cc1cnc2ccccn12. The summed E-state index contributed by atoms with van der Waals surface area (Å²) in [6.07, 6.45) is 8.04. The van der Waals surface area contributed by atoms with E-state index in [1.165, 1.54) is 0 Å². The van der Waals surface area contributed by atoms with Crippen molar-refractivity contribution in [1.82, 2.24) is 23.7 Å². The van der Waals surface area contributed by atoms with E-state index >= 15 is 0 Å². The molecule has 0 atom stereocenters. The molecule has 5 rings (SSSR count). The average molecular weight is 401 g/mol. The van der Waals surface area contributed by atoms with Crippen LogP contribution in [0.2, 0.25) is 0 Å². The summed E-state index contributed by atoms with van der Waals surface area (Å²) in [7, 11) is 0. The molecule has 0 aliphatic heterocycles. The number of hydrogen-bond donors (Lipinski definition) is 0. The molecule has 144 valence electrons. The topological polar surface area (TPSA) is 54.9 Å². The van der Waals surface area contributed by atoms with Crippen LogP contribution in [0.3, 0.4) is 0 Å². The van der Waals surface area contributed by atoms with Crippen LogP contribution in [-0.2, 0) is 24.3 Å². The van der Waals surface area contributed by atoms with Crippen molar-refractivity contribution in [2.75, 3.05) is 0 Å². The number of amides is 1. The third kappa shape index (κ3) is 3.52. The van der Waals surface area contributed by atoms with Crippen molar-refractivity contribution >= 4 is 28.5 Å². The molecule has 5 aromatic heterocycles. The van der Waals surface area contributed by atoms with E-state index in [2.05, 4.69) is 9.97 Å². The number of rotatable bonds is 6. The van der Waals surface area contributed by atoms with Gasteiger partial charge < -0.3 is 13.7 Å². The molecular formula is C22H19N5OS. The summed E-state index contributed by atoms with van der Waals surface area (Å²) in [5.74, 6) is 0.0872. The monoisotopic (exact) mass is 401 g/mol. The number of hydrogen-bond acceptors (Lipinski definition) is 4. The Morgan fingerprint density at radius 2 is 1.48 bits per heavy atom. The second-order valence-corrected chi connectivity index (χ2v) is 7.89. The molecule has 0 N–H and O–H groups in total. The van der Waals surface area contributed by atoms with Crippen LogP contribution >= 0.6 is 11.3 Å². The van der Waals surface area contributed by atoms with Gasteiger partial charge in [-0.2, -0.15) is 0 Å². The fraction of sp³-hybridized carbons (Fsp3) is 0.136.